The Bertz CT molecular complexity index is 1420. The molecule has 7 nitrogen and oxygen atoms in total. The van der Waals surface area contributed by atoms with Gasteiger partial charge in [0.1, 0.15) is 6.10 Å². The molecule has 280 valence electrons. The summed E-state index contributed by atoms with van der Waals surface area (Å²) >= 11 is 0. The minimum atomic E-state index is -3.17. The van der Waals surface area contributed by atoms with E-state index in [9.17, 15) is 23.1 Å². The molecular weight excluding hydrogens is 635 g/mol. The molecule has 0 unspecified atom stereocenters. The van der Waals surface area contributed by atoms with Crippen LogP contribution in [0.1, 0.15) is 145 Å². The van der Waals surface area contributed by atoms with Gasteiger partial charge in [0.05, 0.1) is 19.1 Å². The van der Waals surface area contributed by atoms with Gasteiger partial charge in [-0.3, -0.25) is 9.59 Å². The molecule has 0 spiro atoms. The van der Waals surface area contributed by atoms with Crippen molar-refractivity contribution >= 4 is 22.0 Å². The molecule has 0 radical (unpaired) electrons. The van der Waals surface area contributed by atoms with Crippen LogP contribution in [0.4, 0.5) is 0 Å². The van der Waals surface area contributed by atoms with E-state index >= 15 is 0 Å². The maximum absolute atomic E-state index is 13.2. The third-order valence-corrected chi connectivity index (χ3v) is 17.7. The third kappa shape index (κ3) is 6.59. The van der Waals surface area contributed by atoms with Crippen LogP contribution in [0.15, 0.2) is 12.2 Å². The van der Waals surface area contributed by atoms with E-state index in [-0.39, 0.29) is 52.0 Å². The minimum Gasteiger partial charge on any atom is -0.481 e. The summed E-state index contributed by atoms with van der Waals surface area (Å²) in [4.78, 5) is 24.6. The molecule has 0 aromatic rings. The Balaban J connectivity index is 1.37. The van der Waals surface area contributed by atoms with Crippen LogP contribution >= 0.6 is 0 Å². The van der Waals surface area contributed by atoms with Crippen molar-refractivity contribution in [3.05, 3.63) is 12.2 Å². The van der Waals surface area contributed by atoms with E-state index in [4.69, 9.17) is 4.74 Å². The predicted octanol–water partition coefficient (Wildman–Crippen LogP) is 9.12. The molecule has 10 atom stereocenters. The van der Waals surface area contributed by atoms with Crippen molar-refractivity contribution in [1.29, 1.82) is 0 Å². The zero-order valence-electron chi connectivity index (χ0n) is 32.6. The van der Waals surface area contributed by atoms with Crippen LogP contribution in [0.3, 0.4) is 0 Å². The number of aliphatic carboxylic acids is 1. The van der Waals surface area contributed by atoms with Gasteiger partial charge < -0.3 is 9.84 Å². The molecule has 0 aromatic carbocycles. The number of ether oxygens (including phenoxy) is 1. The zero-order valence-corrected chi connectivity index (χ0v) is 33.4. The number of hydrogen-bond donors (Lipinski definition) is 1. The molecule has 49 heavy (non-hydrogen) atoms. The average molecular weight is 704 g/mol. The molecule has 0 amide bonds. The van der Waals surface area contributed by atoms with Crippen LogP contribution in [0, 0.1) is 62.1 Å². The standard InChI is InChI=1S/C41H69NO6S/c1-27(2)28-15-21-41(18-12-24-42(10)49(11,46)47)23-22-39(8)29(35(28)41)13-14-31-38(7)19-17-32(37(5,6)30(38)16-20-40(31,39)9)48-34(45)26-36(3,4)25-33(43)44/h28-32,35H,1,12-26H2,2-11H3,(H,43,44)/t28-,29+,30-,31+,32-,35+,38-,39+,40+,41+/m0/s1. The molecule has 0 aliphatic heterocycles. The van der Waals surface area contributed by atoms with E-state index in [1.165, 1.54) is 61.1 Å². The summed E-state index contributed by atoms with van der Waals surface area (Å²) in [5.74, 6) is 1.75. The molecule has 1 N–H and O–H groups in total. The number of rotatable bonds is 11. The number of allylic oxidation sites excluding steroid dienone is 1. The molecule has 5 aliphatic rings. The third-order valence-electron chi connectivity index (χ3n) is 16.4. The molecule has 0 saturated heterocycles. The first-order chi connectivity index (χ1) is 22.4. The van der Waals surface area contributed by atoms with Gasteiger partial charge in [0, 0.05) is 19.0 Å². The maximum Gasteiger partial charge on any atom is 0.306 e. The lowest BCUT2D eigenvalue weighted by Gasteiger charge is -2.73. The van der Waals surface area contributed by atoms with Crippen molar-refractivity contribution in [2.24, 2.45) is 62.1 Å². The molecule has 0 bridgehead atoms. The lowest BCUT2D eigenvalue weighted by molar-refractivity contribution is -0.250. The first kappa shape index (κ1) is 38.8. The summed E-state index contributed by atoms with van der Waals surface area (Å²) in [5, 5.41) is 9.33. The molecule has 5 aliphatic carbocycles. The number of fused-ring (bicyclic) bond motifs is 7. The Labute approximate surface area is 298 Å². The summed E-state index contributed by atoms with van der Waals surface area (Å²) in [5.41, 5.74) is 1.46. The van der Waals surface area contributed by atoms with Gasteiger partial charge in [-0.25, -0.2) is 12.7 Å². The van der Waals surface area contributed by atoms with Crippen molar-refractivity contribution in [3.8, 4) is 0 Å². The quantitative estimate of drug-likeness (QED) is 0.170. The minimum absolute atomic E-state index is 0.0491. The van der Waals surface area contributed by atoms with E-state index in [1.807, 2.05) is 13.8 Å². The lowest BCUT2D eigenvalue weighted by atomic mass is 9.32. The van der Waals surface area contributed by atoms with Gasteiger partial charge in [-0.15, -0.1) is 0 Å². The molecule has 5 fully saturated rings. The Morgan fingerprint density at radius 2 is 1.57 bits per heavy atom. The van der Waals surface area contributed by atoms with Crippen LogP contribution in [0.5, 0.6) is 0 Å². The Kier molecular flexibility index (Phi) is 10.2. The first-order valence-electron chi connectivity index (χ1n) is 19.4. The van der Waals surface area contributed by atoms with Gasteiger partial charge in [0.2, 0.25) is 10.0 Å². The highest BCUT2D eigenvalue weighted by Crippen LogP contribution is 2.78. The highest BCUT2D eigenvalue weighted by atomic mass is 32.2. The Hall–Kier alpha value is -1.41. The van der Waals surface area contributed by atoms with E-state index in [0.29, 0.717) is 36.1 Å². The number of carbonyl (C=O) groups is 2. The van der Waals surface area contributed by atoms with E-state index in [1.54, 1.807) is 7.05 Å². The van der Waals surface area contributed by atoms with Gasteiger partial charge in [0.25, 0.3) is 0 Å². The SMILES string of the molecule is C=C(C)[C@@H]1CC[C@]2(CCCN(C)S(C)(=O)=O)CC[C@]3(C)[C@H](CC[C@@H]4[C@@]5(C)CC[C@H](OC(=O)CC(C)(C)CC(=O)O)C(C)(C)[C@@H]5CC[C@]43C)[C@@H]12. The van der Waals surface area contributed by atoms with Crippen molar-refractivity contribution < 1.29 is 27.9 Å². The number of sulfonamides is 1. The fraction of sp³-hybridized carbons (Fsp3) is 0.902. The predicted molar refractivity (Wildman–Crippen MR) is 196 cm³/mol. The normalized spacial score (nSPS) is 41.6. The van der Waals surface area contributed by atoms with Crippen LogP contribution in [-0.2, 0) is 24.3 Å². The van der Waals surface area contributed by atoms with Crippen molar-refractivity contribution in [2.45, 2.75) is 151 Å². The zero-order chi connectivity index (χ0) is 36.6. The van der Waals surface area contributed by atoms with Crippen LogP contribution < -0.4 is 0 Å². The van der Waals surface area contributed by atoms with E-state index in [0.717, 1.165) is 32.1 Å². The van der Waals surface area contributed by atoms with Gasteiger partial charge in [-0.2, -0.15) is 0 Å². The molecule has 5 saturated carbocycles. The number of nitrogens with zero attached hydrogens (tertiary/aromatic N) is 1. The topological polar surface area (TPSA) is 101 Å². The molecular formula is C41H69NO6S. The van der Waals surface area contributed by atoms with Crippen molar-refractivity contribution in [2.75, 3.05) is 19.8 Å². The smallest absolute Gasteiger partial charge is 0.306 e. The van der Waals surface area contributed by atoms with Gasteiger partial charge in [-0.1, -0.05) is 60.6 Å². The number of hydrogen-bond acceptors (Lipinski definition) is 5. The summed E-state index contributed by atoms with van der Waals surface area (Å²) in [6.45, 7) is 23.6. The number of esters is 1. The summed E-state index contributed by atoms with van der Waals surface area (Å²) in [6.07, 6.45) is 15.0. The summed E-state index contributed by atoms with van der Waals surface area (Å²) in [6, 6.07) is 0. The highest BCUT2D eigenvalue weighted by Gasteiger charge is 2.71. The second-order valence-corrected chi connectivity index (χ2v) is 22.1. The van der Waals surface area contributed by atoms with Gasteiger partial charge >= 0.3 is 11.9 Å². The van der Waals surface area contributed by atoms with Crippen molar-refractivity contribution in [3.63, 3.8) is 0 Å². The highest BCUT2D eigenvalue weighted by molar-refractivity contribution is 7.88. The fourth-order valence-corrected chi connectivity index (χ4v) is 14.2. The largest absolute Gasteiger partial charge is 0.481 e. The number of carboxylic acids is 1. The lowest BCUT2D eigenvalue weighted by Crippen LogP contribution is -2.66. The van der Waals surface area contributed by atoms with Gasteiger partial charge in [0.15, 0.2) is 0 Å². The Morgan fingerprint density at radius 3 is 2.18 bits per heavy atom. The first-order valence-corrected chi connectivity index (χ1v) is 21.3. The van der Waals surface area contributed by atoms with E-state index in [2.05, 4.69) is 48.1 Å². The summed E-state index contributed by atoms with van der Waals surface area (Å²) < 4.78 is 32.1. The Morgan fingerprint density at radius 1 is 0.898 bits per heavy atom. The molecule has 8 heteroatoms. The molecule has 5 rings (SSSR count). The number of carbonyl (C=O) groups excluding carboxylic acids is 1. The van der Waals surface area contributed by atoms with Gasteiger partial charge in [-0.05, 0) is 141 Å². The van der Waals surface area contributed by atoms with Crippen LogP contribution in [-0.4, -0.2) is 55.7 Å². The maximum atomic E-state index is 13.2. The number of carboxylic acid groups (broad SMARTS) is 1. The molecule has 0 aromatic heterocycles. The van der Waals surface area contributed by atoms with Crippen LogP contribution in [0.2, 0.25) is 0 Å². The average Bonchev–Trinajstić information content (AvgIpc) is 3.33. The second-order valence-electron chi connectivity index (χ2n) is 20.0. The monoisotopic (exact) mass is 703 g/mol. The van der Waals surface area contributed by atoms with Crippen molar-refractivity contribution in [1.82, 2.24) is 4.31 Å². The second kappa shape index (κ2) is 12.9. The van der Waals surface area contributed by atoms with E-state index < -0.39 is 21.4 Å². The summed E-state index contributed by atoms with van der Waals surface area (Å²) in [7, 11) is -1.46. The van der Waals surface area contributed by atoms with Crippen LogP contribution in [0.25, 0.3) is 0 Å². The fourth-order valence-electron chi connectivity index (χ4n) is 13.8. The molecule has 0 heterocycles.